The zero-order chi connectivity index (χ0) is 13.3. The Morgan fingerprint density at radius 3 is 2.72 bits per heavy atom. The summed E-state index contributed by atoms with van der Waals surface area (Å²) in [5.74, 6) is -1.26. The molecule has 2 unspecified atom stereocenters. The lowest BCUT2D eigenvalue weighted by atomic mass is 9.87. The molecule has 2 heterocycles. The number of piperidine rings is 1. The minimum atomic E-state index is -0.771. The normalized spacial score (nSPS) is 24.0. The van der Waals surface area contributed by atoms with Crippen LogP contribution in [0.15, 0.2) is 12.3 Å². The SMILES string of the molecule is CC1CN(C(=O)c2ccn(C)n2)CCC1C(=O)O. The van der Waals surface area contributed by atoms with E-state index in [1.165, 1.54) is 0 Å². The molecule has 1 amide bonds. The lowest BCUT2D eigenvalue weighted by Crippen LogP contribution is -2.45. The van der Waals surface area contributed by atoms with Crippen molar-refractivity contribution in [1.82, 2.24) is 14.7 Å². The first-order valence-electron chi connectivity index (χ1n) is 6.00. The van der Waals surface area contributed by atoms with Gasteiger partial charge in [-0.1, -0.05) is 6.92 Å². The van der Waals surface area contributed by atoms with Gasteiger partial charge >= 0.3 is 5.97 Å². The summed E-state index contributed by atoms with van der Waals surface area (Å²) in [6.07, 6.45) is 2.23. The molecule has 1 aromatic rings. The second-order valence-electron chi connectivity index (χ2n) is 4.84. The summed E-state index contributed by atoms with van der Waals surface area (Å²) in [5.41, 5.74) is 0.415. The van der Waals surface area contributed by atoms with Crippen molar-refractivity contribution in [3.8, 4) is 0 Å². The fraction of sp³-hybridized carbons (Fsp3) is 0.583. The first kappa shape index (κ1) is 12.6. The molecule has 0 radical (unpaired) electrons. The lowest BCUT2D eigenvalue weighted by Gasteiger charge is -2.34. The van der Waals surface area contributed by atoms with Crippen LogP contribution in [0.3, 0.4) is 0 Å². The summed E-state index contributed by atoms with van der Waals surface area (Å²) >= 11 is 0. The van der Waals surface area contributed by atoms with Gasteiger partial charge in [-0.3, -0.25) is 14.3 Å². The van der Waals surface area contributed by atoms with Crippen LogP contribution in [0.25, 0.3) is 0 Å². The molecule has 18 heavy (non-hydrogen) atoms. The van der Waals surface area contributed by atoms with Gasteiger partial charge in [0.1, 0.15) is 5.69 Å². The number of hydrogen-bond acceptors (Lipinski definition) is 3. The third-order valence-electron chi connectivity index (χ3n) is 3.44. The molecule has 0 aromatic carbocycles. The minimum Gasteiger partial charge on any atom is -0.481 e. The molecule has 1 aliphatic heterocycles. The van der Waals surface area contributed by atoms with Crippen molar-refractivity contribution in [1.29, 1.82) is 0 Å². The van der Waals surface area contributed by atoms with Gasteiger partial charge in [-0.2, -0.15) is 5.10 Å². The molecular formula is C12H17N3O3. The maximum Gasteiger partial charge on any atom is 0.306 e. The Kier molecular flexibility index (Phi) is 3.36. The van der Waals surface area contributed by atoms with E-state index in [4.69, 9.17) is 5.11 Å². The summed E-state index contributed by atoms with van der Waals surface area (Å²) in [6.45, 7) is 2.83. The number of amides is 1. The molecule has 2 rings (SSSR count). The number of carboxylic acids is 1. The molecule has 0 spiro atoms. The monoisotopic (exact) mass is 251 g/mol. The zero-order valence-electron chi connectivity index (χ0n) is 10.5. The highest BCUT2D eigenvalue weighted by molar-refractivity contribution is 5.92. The summed E-state index contributed by atoms with van der Waals surface area (Å²) < 4.78 is 1.58. The first-order chi connectivity index (χ1) is 8.49. The van der Waals surface area contributed by atoms with E-state index in [9.17, 15) is 9.59 Å². The second kappa shape index (κ2) is 4.80. The fourth-order valence-corrected chi connectivity index (χ4v) is 2.39. The number of likely N-dealkylation sites (tertiary alicyclic amines) is 1. The van der Waals surface area contributed by atoms with E-state index < -0.39 is 5.97 Å². The number of aliphatic carboxylic acids is 1. The van der Waals surface area contributed by atoms with Crippen LogP contribution in [0, 0.1) is 11.8 Å². The summed E-state index contributed by atoms with van der Waals surface area (Å²) in [4.78, 5) is 24.8. The van der Waals surface area contributed by atoms with Gasteiger partial charge in [-0.25, -0.2) is 0 Å². The molecule has 0 aliphatic carbocycles. The standard InChI is InChI=1S/C12H17N3O3/c1-8-7-15(6-3-9(8)12(17)18)11(16)10-4-5-14(2)13-10/h4-5,8-9H,3,6-7H2,1-2H3,(H,17,18). The molecule has 0 bridgehead atoms. The molecule has 1 N–H and O–H groups in total. The quantitative estimate of drug-likeness (QED) is 0.835. The Balaban J connectivity index is 2.04. The molecule has 6 nitrogen and oxygen atoms in total. The Labute approximate surface area is 105 Å². The first-order valence-corrected chi connectivity index (χ1v) is 6.00. The van der Waals surface area contributed by atoms with Gasteiger partial charge in [-0.15, -0.1) is 0 Å². The Morgan fingerprint density at radius 1 is 1.50 bits per heavy atom. The highest BCUT2D eigenvalue weighted by Gasteiger charge is 2.33. The average molecular weight is 251 g/mol. The average Bonchev–Trinajstić information content (AvgIpc) is 2.74. The van der Waals surface area contributed by atoms with E-state index >= 15 is 0 Å². The zero-order valence-corrected chi connectivity index (χ0v) is 10.5. The largest absolute Gasteiger partial charge is 0.481 e. The Morgan fingerprint density at radius 2 is 2.22 bits per heavy atom. The summed E-state index contributed by atoms with van der Waals surface area (Å²) in [5, 5.41) is 13.1. The van der Waals surface area contributed by atoms with Crippen molar-refractivity contribution in [2.75, 3.05) is 13.1 Å². The Bertz CT molecular complexity index is 469. The summed E-state index contributed by atoms with van der Waals surface area (Å²) in [7, 11) is 1.76. The third kappa shape index (κ3) is 2.37. The smallest absolute Gasteiger partial charge is 0.306 e. The van der Waals surface area contributed by atoms with Crippen molar-refractivity contribution in [3.05, 3.63) is 18.0 Å². The van der Waals surface area contributed by atoms with Crippen LogP contribution in [0.5, 0.6) is 0 Å². The molecule has 1 fully saturated rings. The lowest BCUT2D eigenvalue weighted by molar-refractivity contribution is -0.145. The topological polar surface area (TPSA) is 75.4 Å². The number of carbonyl (C=O) groups excluding carboxylic acids is 1. The van der Waals surface area contributed by atoms with Crippen molar-refractivity contribution in [3.63, 3.8) is 0 Å². The van der Waals surface area contributed by atoms with E-state index in [1.54, 1.807) is 28.9 Å². The number of hydrogen-bond donors (Lipinski definition) is 1. The van der Waals surface area contributed by atoms with Crippen molar-refractivity contribution in [2.24, 2.45) is 18.9 Å². The maximum atomic E-state index is 12.1. The van der Waals surface area contributed by atoms with Crippen molar-refractivity contribution in [2.45, 2.75) is 13.3 Å². The summed E-state index contributed by atoms with van der Waals surface area (Å²) in [6, 6.07) is 1.68. The third-order valence-corrected chi connectivity index (χ3v) is 3.44. The van der Waals surface area contributed by atoms with Gasteiger partial charge in [0.15, 0.2) is 0 Å². The van der Waals surface area contributed by atoms with E-state index in [0.717, 1.165) is 0 Å². The van der Waals surface area contributed by atoms with Gasteiger partial charge in [0.2, 0.25) is 0 Å². The molecular weight excluding hydrogens is 234 g/mol. The van der Waals surface area contributed by atoms with Crippen LogP contribution >= 0.6 is 0 Å². The highest BCUT2D eigenvalue weighted by atomic mass is 16.4. The van der Waals surface area contributed by atoms with Gasteiger partial charge < -0.3 is 10.0 Å². The highest BCUT2D eigenvalue weighted by Crippen LogP contribution is 2.24. The van der Waals surface area contributed by atoms with Crippen LogP contribution < -0.4 is 0 Å². The second-order valence-corrected chi connectivity index (χ2v) is 4.84. The van der Waals surface area contributed by atoms with Crippen LogP contribution in [0.2, 0.25) is 0 Å². The van der Waals surface area contributed by atoms with Crippen LogP contribution in [-0.4, -0.2) is 44.8 Å². The molecule has 0 saturated carbocycles. The fourth-order valence-electron chi connectivity index (χ4n) is 2.39. The molecule has 6 heteroatoms. The predicted molar refractivity (Wildman–Crippen MR) is 64.0 cm³/mol. The van der Waals surface area contributed by atoms with Gasteiger partial charge in [-0.05, 0) is 18.4 Å². The van der Waals surface area contributed by atoms with E-state index in [-0.39, 0.29) is 17.7 Å². The van der Waals surface area contributed by atoms with E-state index in [0.29, 0.717) is 25.2 Å². The van der Waals surface area contributed by atoms with Crippen LogP contribution in [0.1, 0.15) is 23.8 Å². The molecule has 1 aromatic heterocycles. The van der Waals surface area contributed by atoms with E-state index in [1.807, 2.05) is 6.92 Å². The molecule has 98 valence electrons. The van der Waals surface area contributed by atoms with Gasteiger partial charge in [0.05, 0.1) is 5.92 Å². The maximum absolute atomic E-state index is 12.1. The number of aryl methyl sites for hydroxylation is 1. The Hall–Kier alpha value is -1.85. The van der Waals surface area contributed by atoms with E-state index in [2.05, 4.69) is 5.10 Å². The number of carboxylic acid groups (broad SMARTS) is 1. The number of nitrogens with zero attached hydrogens (tertiary/aromatic N) is 3. The van der Waals surface area contributed by atoms with Gasteiger partial charge in [0.25, 0.3) is 5.91 Å². The number of aromatic nitrogens is 2. The van der Waals surface area contributed by atoms with Crippen LogP contribution in [-0.2, 0) is 11.8 Å². The van der Waals surface area contributed by atoms with Crippen molar-refractivity contribution >= 4 is 11.9 Å². The van der Waals surface area contributed by atoms with Crippen LogP contribution in [0.4, 0.5) is 0 Å². The molecule has 1 saturated heterocycles. The predicted octanol–water partition coefficient (Wildman–Crippen LogP) is 0.603. The van der Waals surface area contributed by atoms with Gasteiger partial charge in [0, 0.05) is 26.3 Å². The molecule has 2 atom stereocenters. The minimum absolute atomic E-state index is 0.0242. The molecule has 1 aliphatic rings. The number of carbonyl (C=O) groups is 2. The van der Waals surface area contributed by atoms with Crippen molar-refractivity contribution < 1.29 is 14.7 Å². The number of rotatable bonds is 2.